The predicted octanol–water partition coefficient (Wildman–Crippen LogP) is 3.22. The summed E-state index contributed by atoms with van der Waals surface area (Å²) in [7, 11) is 1.65. The second-order valence-corrected chi connectivity index (χ2v) is 9.52. The van der Waals surface area contributed by atoms with Crippen LogP contribution in [0.1, 0.15) is 37.4 Å². The van der Waals surface area contributed by atoms with Crippen molar-refractivity contribution in [3.63, 3.8) is 0 Å². The van der Waals surface area contributed by atoms with Crippen LogP contribution in [-0.4, -0.2) is 48.9 Å². The van der Waals surface area contributed by atoms with Crippen LogP contribution in [0.15, 0.2) is 52.6 Å². The number of carbonyl (C=O) groups excluding carboxylic acids is 1. The Bertz CT molecular complexity index is 1140. The van der Waals surface area contributed by atoms with Gasteiger partial charge in [0.05, 0.1) is 30.5 Å². The van der Waals surface area contributed by atoms with Crippen LogP contribution in [0.5, 0.6) is 5.75 Å². The predicted molar refractivity (Wildman–Crippen MR) is 115 cm³/mol. The van der Waals surface area contributed by atoms with E-state index >= 15 is 0 Å². The molecule has 176 valence electrons. The van der Waals surface area contributed by atoms with Crippen molar-refractivity contribution in [3.05, 3.63) is 63.8 Å². The maximum atomic E-state index is 13.4. The van der Waals surface area contributed by atoms with Crippen LogP contribution in [0.2, 0.25) is 0 Å². The number of alkyl halides is 3. The van der Waals surface area contributed by atoms with E-state index in [1.54, 1.807) is 7.05 Å². The zero-order chi connectivity index (χ0) is 23.8. The highest BCUT2D eigenvalue weighted by Gasteiger charge is 2.47. The van der Waals surface area contributed by atoms with Gasteiger partial charge in [0.25, 0.3) is 5.91 Å². The smallest absolute Gasteiger partial charge is 0.416 e. The lowest BCUT2D eigenvalue weighted by atomic mass is 9.72. The summed E-state index contributed by atoms with van der Waals surface area (Å²) in [5, 5.41) is 3.51. The van der Waals surface area contributed by atoms with Gasteiger partial charge in [-0.25, -0.2) is 0 Å². The molecule has 3 N–H and O–H groups in total. The first-order valence-electron chi connectivity index (χ1n) is 10.8. The monoisotopic (exact) mass is 461 g/mol. The van der Waals surface area contributed by atoms with Gasteiger partial charge in [0.1, 0.15) is 12.4 Å². The fourth-order valence-corrected chi connectivity index (χ4v) is 5.30. The molecule has 1 aromatic carbocycles. The molecule has 0 saturated heterocycles. The van der Waals surface area contributed by atoms with Gasteiger partial charge in [-0.15, -0.1) is 0 Å². The molecule has 5 rings (SSSR count). The Morgan fingerprint density at radius 3 is 2.76 bits per heavy atom. The van der Waals surface area contributed by atoms with Crippen LogP contribution in [0.3, 0.4) is 0 Å². The molecule has 33 heavy (non-hydrogen) atoms. The van der Waals surface area contributed by atoms with Gasteiger partial charge in [-0.05, 0) is 55.2 Å². The number of likely N-dealkylation sites (N-methyl/N-ethyl adjacent to an activating group) is 1. The second-order valence-electron chi connectivity index (χ2n) is 9.52. The number of hydrogen-bond acceptors (Lipinski definition) is 5. The van der Waals surface area contributed by atoms with E-state index in [1.165, 1.54) is 11.0 Å². The third-order valence-electron chi connectivity index (χ3n) is 7.10. The Labute approximate surface area is 189 Å². The van der Waals surface area contributed by atoms with Gasteiger partial charge in [-0.3, -0.25) is 10.1 Å². The molecule has 4 aliphatic rings. The number of nitrogens with one attached hydrogen (secondary N) is 1. The largest absolute Gasteiger partial charge is 0.491 e. The summed E-state index contributed by atoms with van der Waals surface area (Å²) in [4.78, 5) is 14.9. The fraction of sp³-hybridized carbons (Fsp3) is 0.458. The van der Waals surface area contributed by atoms with Crippen LogP contribution in [0.4, 0.5) is 13.2 Å². The van der Waals surface area contributed by atoms with Crippen molar-refractivity contribution in [2.75, 3.05) is 26.9 Å². The van der Waals surface area contributed by atoms with Crippen molar-refractivity contribution < 1.29 is 27.4 Å². The van der Waals surface area contributed by atoms with Crippen molar-refractivity contribution in [1.29, 1.82) is 0 Å². The molecule has 9 heteroatoms. The SMILES string of the molecule is CN(C(=O)C1=CCC2(C)NC(C)(N)C3=C(COC3)C2=C1)C1COc2cc(C(F)(F)F)ccc21. The number of benzene rings is 1. The minimum Gasteiger partial charge on any atom is -0.491 e. The molecule has 3 aliphatic heterocycles. The average Bonchev–Trinajstić information content (AvgIpc) is 3.39. The molecule has 3 unspecified atom stereocenters. The van der Waals surface area contributed by atoms with E-state index in [9.17, 15) is 18.0 Å². The van der Waals surface area contributed by atoms with E-state index in [-0.39, 0.29) is 18.3 Å². The van der Waals surface area contributed by atoms with Crippen LogP contribution in [0.25, 0.3) is 0 Å². The normalized spacial score (nSPS) is 30.7. The first-order chi connectivity index (χ1) is 15.4. The van der Waals surface area contributed by atoms with E-state index in [1.807, 2.05) is 19.1 Å². The van der Waals surface area contributed by atoms with Crippen molar-refractivity contribution in [2.45, 2.75) is 43.7 Å². The summed E-state index contributed by atoms with van der Waals surface area (Å²) in [6.07, 6.45) is -0.104. The lowest BCUT2D eigenvalue weighted by Gasteiger charge is -2.47. The first kappa shape index (κ1) is 22.2. The standard InChI is InChI=1S/C24H26F3N3O3/c1-22-7-6-13(8-17(22)16-10-32-11-18(16)23(2,28)29-22)21(31)30(3)19-12-33-20-9-14(24(25,26)27)4-5-15(19)20/h4-6,8-9,19,29H,7,10-12,28H2,1-3H3. The second kappa shape index (κ2) is 7.19. The molecular weight excluding hydrogens is 435 g/mol. The number of nitrogens with zero attached hydrogens (tertiary/aromatic N) is 1. The molecule has 0 bridgehead atoms. The molecule has 0 fully saturated rings. The average molecular weight is 461 g/mol. The van der Waals surface area contributed by atoms with Gasteiger partial charge in [0, 0.05) is 23.7 Å². The van der Waals surface area contributed by atoms with Gasteiger partial charge >= 0.3 is 6.18 Å². The molecule has 0 saturated carbocycles. The molecule has 3 atom stereocenters. The van der Waals surface area contributed by atoms with E-state index < -0.39 is 29.0 Å². The van der Waals surface area contributed by atoms with Gasteiger partial charge in [0.15, 0.2) is 0 Å². The van der Waals surface area contributed by atoms with E-state index in [0.29, 0.717) is 30.8 Å². The number of rotatable bonds is 2. The Balaban J connectivity index is 1.42. The zero-order valence-corrected chi connectivity index (χ0v) is 18.7. The van der Waals surface area contributed by atoms with Crippen molar-refractivity contribution in [2.24, 2.45) is 5.73 Å². The summed E-state index contributed by atoms with van der Waals surface area (Å²) in [6.45, 7) is 5.00. The quantitative estimate of drug-likeness (QED) is 0.708. The molecule has 6 nitrogen and oxygen atoms in total. The third kappa shape index (κ3) is 3.50. The number of ether oxygens (including phenoxy) is 2. The van der Waals surface area contributed by atoms with Crippen molar-refractivity contribution in [1.82, 2.24) is 10.2 Å². The maximum absolute atomic E-state index is 13.4. The Kier molecular flexibility index (Phi) is 4.83. The topological polar surface area (TPSA) is 76.8 Å². The minimum absolute atomic E-state index is 0.108. The van der Waals surface area contributed by atoms with Crippen LogP contribution < -0.4 is 15.8 Å². The molecule has 1 aromatic rings. The van der Waals surface area contributed by atoms with Crippen molar-refractivity contribution in [3.8, 4) is 5.75 Å². The maximum Gasteiger partial charge on any atom is 0.416 e. The number of halogens is 3. The summed E-state index contributed by atoms with van der Waals surface area (Å²) in [5.74, 6) is -0.0531. The Morgan fingerprint density at radius 2 is 2.03 bits per heavy atom. The van der Waals surface area contributed by atoms with E-state index in [2.05, 4.69) is 12.2 Å². The van der Waals surface area contributed by atoms with Crippen LogP contribution in [0, 0.1) is 0 Å². The van der Waals surface area contributed by atoms with E-state index in [0.717, 1.165) is 28.9 Å². The first-order valence-corrected chi connectivity index (χ1v) is 10.8. The van der Waals surface area contributed by atoms with Crippen LogP contribution >= 0.6 is 0 Å². The molecular formula is C24H26F3N3O3. The lowest BCUT2D eigenvalue weighted by molar-refractivity contribution is -0.137. The number of carbonyl (C=O) groups is 1. The van der Waals surface area contributed by atoms with Gasteiger partial charge < -0.3 is 20.1 Å². The van der Waals surface area contributed by atoms with Gasteiger partial charge in [-0.1, -0.05) is 12.1 Å². The highest BCUT2D eigenvalue weighted by atomic mass is 19.4. The highest BCUT2D eigenvalue weighted by Crippen LogP contribution is 2.44. The van der Waals surface area contributed by atoms with Crippen molar-refractivity contribution >= 4 is 5.91 Å². The van der Waals surface area contributed by atoms with Gasteiger partial charge in [0.2, 0.25) is 0 Å². The summed E-state index contributed by atoms with van der Waals surface area (Å²) >= 11 is 0. The lowest BCUT2D eigenvalue weighted by Crippen LogP contribution is -2.65. The number of hydrogen-bond donors (Lipinski definition) is 2. The molecule has 1 aliphatic carbocycles. The highest BCUT2D eigenvalue weighted by molar-refractivity contribution is 5.97. The minimum atomic E-state index is -4.45. The Hall–Kier alpha value is -2.62. The zero-order valence-electron chi connectivity index (χ0n) is 18.7. The number of fused-ring (bicyclic) bond motifs is 3. The van der Waals surface area contributed by atoms with Crippen LogP contribution in [-0.2, 0) is 15.7 Å². The molecule has 1 amide bonds. The van der Waals surface area contributed by atoms with Gasteiger partial charge in [-0.2, -0.15) is 13.2 Å². The molecule has 0 aromatic heterocycles. The number of nitrogens with two attached hydrogens (primary N) is 1. The summed E-state index contributed by atoms with van der Waals surface area (Å²) in [5.41, 5.74) is 8.76. The molecule has 0 radical (unpaired) electrons. The third-order valence-corrected chi connectivity index (χ3v) is 7.10. The summed E-state index contributed by atoms with van der Waals surface area (Å²) < 4.78 is 50.3. The Morgan fingerprint density at radius 1 is 1.27 bits per heavy atom. The fourth-order valence-electron chi connectivity index (χ4n) is 5.30. The van der Waals surface area contributed by atoms with E-state index in [4.69, 9.17) is 15.2 Å². The number of amides is 1. The summed E-state index contributed by atoms with van der Waals surface area (Å²) in [6, 6.07) is 2.94. The molecule has 0 spiro atoms. The molecule has 3 heterocycles.